The first-order valence-electron chi connectivity index (χ1n) is 6.10. The van der Waals surface area contributed by atoms with Crippen LogP contribution in [0.2, 0.25) is 0 Å². The van der Waals surface area contributed by atoms with E-state index in [2.05, 4.69) is 4.98 Å². The molecule has 0 bridgehead atoms. The van der Waals surface area contributed by atoms with Crippen LogP contribution in [0.1, 0.15) is 16.1 Å². The first-order chi connectivity index (χ1) is 9.52. The number of aromatic nitrogens is 1. The van der Waals surface area contributed by atoms with Gasteiger partial charge in [-0.15, -0.1) is 0 Å². The maximum atomic E-state index is 11.3. The molecule has 1 N–H and O–H groups in total. The van der Waals surface area contributed by atoms with E-state index in [1.54, 1.807) is 18.1 Å². The highest BCUT2D eigenvalue weighted by Gasteiger charge is 2.16. The molecule has 5 heteroatoms. The number of ether oxygens (including phenoxy) is 1. The molecule has 20 heavy (non-hydrogen) atoms. The van der Waals surface area contributed by atoms with E-state index < -0.39 is 5.97 Å². The summed E-state index contributed by atoms with van der Waals surface area (Å²) in [5, 5.41) is 9.26. The lowest BCUT2D eigenvalue weighted by atomic mass is 10.1. The van der Waals surface area contributed by atoms with Gasteiger partial charge in [-0.25, -0.2) is 4.79 Å². The summed E-state index contributed by atoms with van der Waals surface area (Å²) >= 11 is 0. The number of anilines is 2. The third-order valence-electron chi connectivity index (χ3n) is 3.05. The Morgan fingerprint density at radius 1 is 1.35 bits per heavy atom. The van der Waals surface area contributed by atoms with Gasteiger partial charge in [0.1, 0.15) is 11.3 Å². The molecule has 0 aliphatic carbocycles. The van der Waals surface area contributed by atoms with E-state index >= 15 is 0 Å². The van der Waals surface area contributed by atoms with Crippen molar-refractivity contribution < 1.29 is 14.6 Å². The average Bonchev–Trinajstić information content (AvgIpc) is 2.46. The highest BCUT2D eigenvalue weighted by molar-refractivity contribution is 5.95. The van der Waals surface area contributed by atoms with Crippen molar-refractivity contribution in [3.05, 3.63) is 47.8 Å². The molecule has 1 aromatic heterocycles. The molecule has 0 aliphatic rings. The smallest absolute Gasteiger partial charge is 0.339 e. The van der Waals surface area contributed by atoms with E-state index in [9.17, 15) is 9.90 Å². The van der Waals surface area contributed by atoms with Crippen LogP contribution in [0.5, 0.6) is 5.75 Å². The molecule has 0 spiro atoms. The third kappa shape index (κ3) is 2.71. The summed E-state index contributed by atoms with van der Waals surface area (Å²) in [6, 6.07) is 9.20. The number of carboxylic acid groups (broad SMARTS) is 1. The van der Waals surface area contributed by atoms with Crippen molar-refractivity contribution in [2.75, 3.05) is 19.1 Å². The minimum absolute atomic E-state index is 0.168. The van der Waals surface area contributed by atoms with Crippen LogP contribution in [0.25, 0.3) is 0 Å². The number of aromatic carboxylic acids is 1. The van der Waals surface area contributed by atoms with Crippen molar-refractivity contribution in [3.8, 4) is 5.75 Å². The van der Waals surface area contributed by atoms with Crippen molar-refractivity contribution in [2.24, 2.45) is 0 Å². The average molecular weight is 272 g/mol. The number of nitrogens with zero attached hydrogens (tertiary/aromatic N) is 2. The summed E-state index contributed by atoms with van der Waals surface area (Å²) < 4.78 is 5.19. The highest BCUT2D eigenvalue weighted by atomic mass is 16.5. The zero-order valence-electron chi connectivity index (χ0n) is 11.6. The second-order valence-corrected chi connectivity index (χ2v) is 4.41. The lowest BCUT2D eigenvalue weighted by Gasteiger charge is -2.22. The number of carboxylic acids is 1. The quantitative estimate of drug-likeness (QED) is 0.927. The number of methoxy groups -OCH3 is 1. The third-order valence-corrected chi connectivity index (χ3v) is 3.05. The predicted octanol–water partition coefficient (Wildman–Crippen LogP) is 2.86. The fourth-order valence-electron chi connectivity index (χ4n) is 1.95. The maximum Gasteiger partial charge on any atom is 0.339 e. The lowest BCUT2D eigenvalue weighted by Crippen LogP contribution is -2.15. The summed E-state index contributed by atoms with van der Waals surface area (Å²) in [5.74, 6) is -0.278. The van der Waals surface area contributed by atoms with Crippen LogP contribution < -0.4 is 9.64 Å². The number of carbonyl (C=O) groups is 1. The number of pyridine rings is 1. The molecular formula is C15H16N2O3. The number of hydrogen-bond acceptors (Lipinski definition) is 4. The van der Waals surface area contributed by atoms with Gasteiger partial charge in [-0.1, -0.05) is 6.07 Å². The molecule has 0 radical (unpaired) electrons. The molecule has 0 saturated heterocycles. The molecule has 1 aromatic carbocycles. The molecular weight excluding hydrogens is 256 g/mol. The van der Waals surface area contributed by atoms with Crippen LogP contribution in [-0.4, -0.2) is 30.2 Å². The second kappa shape index (κ2) is 5.61. The largest absolute Gasteiger partial charge is 0.497 e. The second-order valence-electron chi connectivity index (χ2n) is 4.41. The first kappa shape index (κ1) is 13.9. The van der Waals surface area contributed by atoms with Crippen LogP contribution in [0.3, 0.4) is 0 Å². The Balaban J connectivity index is 2.49. The molecule has 0 unspecified atom stereocenters. The molecule has 0 atom stereocenters. The minimum atomic E-state index is -0.998. The van der Waals surface area contributed by atoms with Crippen molar-refractivity contribution in [2.45, 2.75) is 6.92 Å². The molecule has 1 heterocycles. The van der Waals surface area contributed by atoms with Gasteiger partial charge in [-0.05, 0) is 25.1 Å². The van der Waals surface area contributed by atoms with Crippen LogP contribution in [-0.2, 0) is 0 Å². The van der Waals surface area contributed by atoms with Gasteiger partial charge in [0.25, 0.3) is 0 Å². The van der Waals surface area contributed by atoms with E-state index in [1.807, 2.05) is 38.2 Å². The van der Waals surface area contributed by atoms with E-state index in [0.717, 1.165) is 17.1 Å². The van der Waals surface area contributed by atoms with E-state index in [4.69, 9.17) is 4.74 Å². The van der Waals surface area contributed by atoms with E-state index in [0.29, 0.717) is 5.69 Å². The van der Waals surface area contributed by atoms with Gasteiger partial charge in [-0.2, -0.15) is 0 Å². The van der Waals surface area contributed by atoms with Gasteiger partial charge >= 0.3 is 5.97 Å². The Hall–Kier alpha value is -2.56. The van der Waals surface area contributed by atoms with Gasteiger partial charge in [-0.3, -0.25) is 4.98 Å². The van der Waals surface area contributed by atoms with Crippen LogP contribution in [0, 0.1) is 6.92 Å². The molecule has 2 rings (SSSR count). The van der Waals surface area contributed by atoms with Crippen LogP contribution in [0.15, 0.2) is 36.5 Å². The van der Waals surface area contributed by atoms with Crippen molar-refractivity contribution >= 4 is 17.3 Å². The Bertz CT molecular complexity index is 641. The van der Waals surface area contributed by atoms with Crippen molar-refractivity contribution in [1.29, 1.82) is 0 Å². The summed E-state index contributed by atoms with van der Waals surface area (Å²) in [7, 11) is 3.41. The Morgan fingerprint density at radius 2 is 2.10 bits per heavy atom. The monoisotopic (exact) mass is 272 g/mol. The van der Waals surface area contributed by atoms with Crippen molar-refractivity contribution in [3.63, 3.8) is 0 Å². The van der Waals surface area contributed by atoms with Crippen LogP contribution >= 0.6 is 0 Å². The Labute approximate surface area is 117 Å². The fourth-order valence-corrected chi connectivity index (χ4v) is 1.95. The van der Waals surface area contributed by atoms with Gasteiger partial charge in [0.15, 0.2) is 0 Å². The molecule has 0 aliphatic heterocycles. The van der Waals surface area contributed by atoms with E-state index in [1.165, 1.54) is 6.20 Å². The summed E-state index contributed by atoms with van der Waals surface area (Å²) in [5.41, 5.74) is 2.37. The number of rotatable bonds is 4. The zero-order valence-corrected chi connectivity index (χ0v) is 11.6. The minimum Gasteiger partial charge on any atom is -0.497 e. The summed E-state index contributed by atoms with van der Waals surface area (Å²) in [6.07, 6.45) is 1.38. The molecule has 0 fully saturated rings. The molecule has 104 valence electrons. The van der Waals surface area contributed by atoms with Crippen molar-refractivity contribution in [1.82, 2.24) is 4.98 Å². The van der Waals surface area contributed by atoms with Crippen LogP contribution in [0.4, 0.5) is 11.4 Å². The van der Waals surface area contributed by atoms with Gasteiger partial charge in [0.2, 0.25) is 0 Å². The molecule has 2 aromatic rings. The molecule has 0 saturated carbocycles. The SMILES string of the molecule is COc1cccc(N(C)c2cc(C)ncc2C(=O)O)c1. The number of aryl methyl sites for hydroxylation is 1. The highest BCUT2D eigenvalue weighted by Crippen LogP contribution is 2.29. The normalized spacial score (nSPS) is 10.2. The lowest BCUT2D eigenvalue weighted by molar-refractivity contribution is 0.0697. The van der Waals surface area contributed by atoms with Gasteiger partial charge in [0, 0.05) is 30.7 Å². The fraction of sp³-hybridized carbons (Fsp3) is 0.200. The molecule has 5 nitrogen and oxygen atoms in total. The van der Waals surface area contributed by atoms with Gasteiger partial charge in [0.05, 0.1) is 12.8 Å². The first-order valence-corrected chi connectivity index (χ1v) is 6.10. The standard InChI is InChI=1S/C15H16N2O3/c1-10-7-14(13(9-16-10)15(18)19)17(2)11-5-4-6-12(8-11)20-3/h4-9H,1-3H3,(H,18,19). The topological polar surface area (TPSA) is 62.7 Å². The Morgan fingerprint density at radius 3 is 2.75 bits per heavy atom. The predicted molar refractivity (Wildman–Crippen MR) is 77.0 cm³/mol. The summed E-state index contributed by atoms with van der Waals surface area (Å²) in [6.45, 7) is 1.83. The number of benzene rings is 1. The summed E-state index contributed by atoms with van der Waals surface area (Å²) in [4.78, 5) is 17.1. The number of hydrogen-bond donors (Lipinski definition) is 1. The Kier molecular flexibility index (Phi) is 3.89. The zero-order chi connectivity index (χ0) is 14.7. The van der Waals surface area contributed by atoms with E-state index in [-0.39, 0.29) is 5.56 Å². The molecule has 0 amide bonds. The maximum absolute atomic E-state index is 11.3. The van der Waals surface area contributed by atoms with Gasteiger partial charge < -0.3 is 14.7 Å².